The summed E-state index contributed by atoms with van der Waals surface area (Å²) in [5, 5.41) is 9.72. The predicted molar refractivity (Wildman–Crippen MR) is 112 cm³/mol. The number of hydrogen-bond donors (Lipinski definition) is 1. The normalized spacial score (nSPS) is 15.4. The lowest BCUT2D eigenvalue weighted by Gasteiger charge is -2.27. The van der Waals surface area contributed by atoms with E-state index in [1.54, 1.807) is 0 Å². The van der Waals surface area contributed by atoms with E-state index in [0.717, 1.165) is 27.9 Å². The molecule has 0 saturated heterocycles. The number of nitriles is 1. The van der Waals surface area contributed by atoms with Crippen molar-refractivity contribution in [3.63, 3.8) is 0 Å². The maximum atomic E-state index is 9.72. The molecular weight excluding hydrogens is 346 g/mol. The first kappa shape index (κ1) is 17.7. The molecule has 0 spiro atoms. The Morgan fingerprint density at radius 2 is 1.61 bits per heavy atom. The smallest absolute Gasteiger partial charge is 0.205 e. The molecule has 3 aromatic carbocycles. The molecule has 0 saturated carbocycles. The van der Waals surface area contributed by atoms with E-state index in [1.165, 1.54) is 0 Å². The lowest BCUT2D eigenvalue weighted by Crippen LogP contribution is -2.21. The van der Waals surface area contributed by atoms with Gasteiger partial charge < -0.3 is 15.4 Å². The van der Waals surface area contributed by atoms with Gasteiger partial charge in [-0.3, -0.25) is 0 Å². The average molecular weight is 367 g/mol. The molecule has 2 N–H and O–H groups in total. The van der Waals surface area contributed by atoms with Gasteiger partial charge in [-0.15, -0.1) is 0 Å². The molecule has 4 heteroatoms. The molecule has 1 aliphatic rings. The number of fused-ring (bicyclic) bond motifs is 1. The van der Waals surface area contributed by atoms with Crippen molar-refractivity contribution < 1.29 is 4.74 Å². The Labute approximate surface area is 165 Å². The molecule has 138 valence electrons. The molecule has 0 fully saturated rings. The fourth-order valence-corrected chi connectivity index (χ4v) is 3.56. The highest BCUT2D eigenvalue weighted by atomic mass is 16.5. The van der Waals surface area contributed by atoms with E-state index in [0.29, 0.717) is 11.3 Å². The SMILES string of the molecule is CN(C)c1ccc2c(c1)OC(N)=C(C#N)C2c1ccc(-c2ccccc2)cc1. The maximum Gasteiger partial charge on any atom is 0.205 e. The third kappa shape index (κ3) is 3.08. The first-order valence-electron chi connectivity index (χ1n) is 9.12. The van der Waals surface area contributed by atoms with Crippen molar-refractivity contribution in [3.8, 4) is 22.9 Å². The van der Waals surface area contributed by atoms with Crippen molar-refractivity contribution in [1.82, 2.24) is 0 Å². The summed E-state index contributed by atoms with van der Waals surface area (Å²) in [5.41, 5.74) is 11.8. The fraction of sp³-hybridized carbons (Fsp3) is 0.125. The first-order chi connectivity index (χ1) is 13.6. The summed E-state index contributed by atoms with van der Waals surface area (Å²) >= 11 is 0. The van der Waals surface area contributed by atoms with E-state index in [9.17, 15) is 5.26 Å². The van der Waals surface area contributed by atoms with Crippen LogP contribution in [0.2, 0.25) is 0 Å². The molecule has 0 aromatic heterocycles. The summed E-state index contributed by atoms with van der Waals surface area (Å²) in [6, 6.07) is 26.8. The quantitative estimate of drug-likeness (QED) is 0.733. The summed E-state index contributed by atoms with van der Waals surface area (Å²) < 4.78 is 5.78. The Morgan fingerprint density at radius 1 is 0.929 bits per heavy atom. The highest BCUT2D eigenvalue weighted by Gasteiger charge is 2.30. The van der Waals surface area contributed by atoms with E-state index in [2.05, 4.69) is 42.5 Å². The van der Waals surface area contributed by atoms with Crippen molar-refractivity contribution in [3.05, 3.63) is 95.4 Å². The minimum atomic E-state index is -0.241. The molecule has 28 heavy (non-hydrogen) atoms. The first-order valence-corrected chi connectivity index (χ1v) is 9.12. The van der Waals surface area contributed by atoms with Crippen molar-refractivity contribution in [1.29, 1.82) is 5.26 Å². The van der Waals surface area contributed by atoms with Gasteiger partial charge in [0.2, 0.25) is 5.88 Å². The van der Waals surface area contributed by atoms with Gasteiger partial charge in [-0.2, -0.15) is 5.26 Å². The number of anilines is 1. The van der Waals surface area contributed by atoms with Crippen LogP contribution in [0.5, 0.6) is 5.75 Å². The second kappa shape index (κ2) is 7.13. The number of nitrogens with two attached hydrogens (primary N) is 1. The van der Waals surface area contributed by atoms with E-state index in [4.69, 9.17) is 10.5 Å². The average Bonchev–Trinajstić information content (AvgIpc) is 2.73. The standard InChI is InChI=1S/C24H21N3O/c1-27(2)19-12-13-20-22(14-19)28-24(26)21(15-25)23(20)18-10-8-17(9-11-18)16-6-4-3-5-7-16/h3-14,23H,26H2,1-2H3. The summed E-state index contributed by atoms with van der Waals surface area (Å²) in [6.07, 6.45) is 0. The highest BCUT2D eigenvalue weighted by molar-refractivity contribution is 5.66. The van der Waals surface area contributed by atoms with Crippen LogP contribution in [0.25, 0.3) is 11.1 Å². The van der Waals surface area contributed by atoms with Crippen molar-refractivity contribution in [2.75, 3.05) is 19.0 Å². The molecule has 1 heterocycles. The molecule has 1 aliphatic heterocycles. The Morgan fingerprint density at radius 3 is 2.25 bits per heavy atom. The second-order valence-electron chi connectivity index (χ2n) is 7.03. The molecule has 0 radical (unpaired) electrons. The third-order valence-corrected chi connectivity index (χ3v) is 5.07. The zero-order valence-corrected chi connectivity index (χ0v) is 15.9. The van der Waals surface area contributed by atoms with Gasteiger partial charge >= 0.3 is 0 Å². The van der Waals surface area contributed by atoms with Crippen LogP contribution in [-0.4, -0.2) is 14.1 Å². The predicted octanol–water partition coefficient (Wildman–Crippen LogP) is 4.64. The molecule has 4 rings (SSSR count). The molecule has 1 atom stereocenters. The van der Waals surface area contributed by atoms with Crippen molar-refractivity contribution in [2.24, 2.45) is 5.73 Å². The van der Waals surface area contributed by atoms with Gasteiger partial charge in [0, 0.05) is 31.4 Å². The van der Waals surface area contributed by atoms with Crippen LogP contribution < -0.4 is 15.4 Å². The molecule has 0 aliphatic carbocycles. The van der Waals surface area contributed by atoms with Crippen molar-refractivity contribution >= 4 is 5.69 Å². The van der Waals surface area contributed by atoms with Crippen LogP contribution in [0.3, 0.4) is 0 Å². The Hall–Kier alpha value is -3.71. The van der Waals surface area contributed by atoms with Gasteiger partial charge in [0.05, 0.1) is 5.92 Å². The van der Waals surface area contributed by atoms with Crippen LogP contribution in [0.4, 0.5) is 5.69 Å². The highest BCUT2D eigenvalue weighted by Crippen LogP contribution is 2.43. The van der Waals surface area contributed by atoms with Crippen LogP contribution in [0.1, 0.15) is 17.0 Å². The molecule has 0 amide bonds. The lowest BCUT2D eigenvalue weighted by atomic mass is 9.83. The van der Waals surface area contributed by atoms with Gasteiger partial charge in [0.15, 0.2) is 0 Å². The number of nitrogens with zero attached hydrogens (tertiary/aromatic N) is 2. The largest absolute Gasteiger partial charge is 0.440 e. The summed E-state index contributed by atoms with van der Waals surface area (Å²) in [6.45, 7) is 0. The van der Waals surface area contributed by atoms with E-state index >= 15 is 0 Å². The van der Waals surface area contributed by atoms with E-state index < -0.39 is 0 Å². The Kier molecular flexibility index (Phi) is 4.50. The topological polar surface area (TPSA) is 62.3 Å². The maximum absolute atomic E-state index is 9.72. The van der Waals surface area contributed by atoms with Gasteiger partial charge in [-0.1, -0.05) is 60.7 Å². The minimum Gasteiger partial charge on any atom is -0.440 e. The zero-order chi connectivity index (χ0) is 19.7. The number of ether oxygens (including phenoxy) is 1. The Balaban J connectivity index is 1.79. The van der Waals surface area contributed by atoms with Crippen molar-refractivity contribution in [2.45, 2.75) is 5.92 Å². The molecule has 4 nitrogen and oxygen atoms in total. The number of allylic oxidation sites excluding steroid dienone is 1. The summed E-state index contributed by atoms with van der Waals surface area (Å²) in [5.74, 6) is 0.623. The Bertz CT molecular complexity index is 1080. The number of hydrogen-bond acceptors (Lipinski definition) is 4. The van der Waals surface area contributed by atoms with Crippen LogP contribution in [0, 0.1) is 11.3 Å². The van der Waals surface area contributed by atoms with Crippen LogP contribution in [0.15, 0.2) is 84.3 Å². The molecular formula is C24H21N3O. The van der Waals surface area contributed by atoms with Crippen LogP contribution >= 0.6 is 0 Å². The lowest BCUT2D eigenvalue weighted by molar-refractivity contribution is 0.394. The molecule has 3 aromatic rings. The monoisotopic (exact) mass is 367 g/mol. The van der Waals surface area contributed by atoms with Crippen LogP contribution in [-0.2, 0) is 0 Å². The number of rotatable bonds is 3. The molecule has 1 unspecified atom stereocenters. The van der Waals surface area contributed by atoms with E-state index in [-0.39, 0.29) is 11.8 Å². The third-order valence-electron chi connectivity index (χ3n) is 5.07. The minimum absolute atomic E-state index is 0.169. The van der Waals surface area contributed by atoms with Gasteiger partial charge in [0.1, 0.15) is 17.4 Å². The second-order valence-corrected chi connectivity index (χ2v) is 7.03. The van der Waals surface area contributed by atoms with Gasteiger partial charge in [0.25, 0.3) is 0 Å². The van der Waals surface area contributed by atoms with E-state index in [1.807, 2.05) is 55.4 Å². The molecule has 0 bridgehead atoms. The van der Waals surface area contributed by atoms with Gasteiger partial charge in [-0.05, 0) is 22.8 Å². The number of benzene rings is 3. The van der Waals surface area contributed by atoms with Gasteiger partial charge in [-0.25, -0.2) is 0 Å². The zero-order valence-electron chi connectivity index (χ0n) is 15.9. The summed E-state index contributed by atoms with van der Waals surface area (Å²) in [7, 11) is 3.95. The fourth-order valence-electron chi connectivity index (χ4n) is 3.56. The summed E-state index contributed by atoms with van der Waals surface area (Å²) in [4.78, 5) is 2.01.